The molecule has 1 fully saturated rings. The van der Waals surface area contributed by atoms with Crippen molar-refractivity contribution in [3.05, 3.63) is 17.6 Å². The Morgan fingerprint density at radius 2 is 2.17 bits per heavy atom. The molecule has 18 heavy (non-hydrogen) atoms. The zero-order valence-corrected chi connectivity index (χ0v) is 11.5. The molecule has 1 unspecified atom stereocenters. The first-order valence-corrected chi connectivity index (χ1v) is 6.25. The molecule has 0 aromatic carbocycles. The van der Waals surface area contributed by atoms with E-state index in [9.17, 15) is 5.11 Å². The number of aromatic nitrogens is 2. The number of morpholine rings is 1. The fourth-order valence-corrected chi connectivity index (χ4v) is 2.42. The maximum atomic E-state index is 9.31. The van der Waals surface area contributed by atoms with E-state index in [1.54, 1.807) is 0 Å². The molecule has 0 amide bonds. The summed E-state index contributed by atoms with van der Waals surface area (Å²) in [5.41, 5.74) is 0.681. The van der Waals surface area contributed by atoms with Gasteiger partial charge in [-0.25, -0.2) is 9.97 Å². The van der Waals surface area contributed by atoms with Crippen molar-refractivity contribution in [1.82, 2.24) is 9.97 Å². The van der Waals surface area contributed by atoms with Gasteiger partial charge in [-0.2, -0.15) is 0 Å². The Morgan fingerprint density at radius 1 is 1.44 bits per heavy atom. The minimum Gasteiger partial charge on any atom is -0.394 e. The average molecular weight is 251 g/mol. The lowest BCUT2D eigenvalue weighted by atomic mass is 10.1. The van der Waals surface area contributed by atoms with E-state index in [0.717, 1.165) is 23.9 Å². The van der Waals surface area contributed by atoms with Gasteiger partial charge in [0.1, 0.15) is 11.6 Å². The van der Waals surface area contributed by atoms with Gasteiger partial charge in [-0.15, -0.1) is 0 Å². The lowest BCUT2D eigenvalue weighted by Gasteiger charge is -2.42. The van der Waals surface area contributed by atoms with Gasteiger partial charge in [-0.1, -0.05) is 0 Å². The molecule has 2 rings (SSSR count). The number of nitrogens with zero attached hydrogens (tertiary/aromatic N) is 3. The predicted octanol–water partition coefficient (Wildman–Crippen LogP) is 1.07. The first-order valence-electron chi connectivity index (χ1n) is 6.25. The number of ether oxygens (including phenoxy) is 1. The fraction of sp³-hybridized carbons (Fsp3) is 0.692. The minimum absolute atomic E-state index is 0.0307. The van der Waals surface area contributed by atoms with Crippen molar-refractivity contribution in [3.8, 4) is 0 Å². The van der Waals surface area contributed by atoms with Crippen LogP contribution in [-0.2, 0) is 4.74 Å². The van der Waals surface area contributed by atoms with Gasteiger partial charge in [0.05, 0.1) is 18.3 Å². The van der Waals surface area contributed by atoms with E-state index < -0.39 is 0 Å². The SMILES string of the molecule is Cc1cc(N2CC(CO)OC(C)(C)C2)nc(C)n1. The van der Waals surface area contributed by atoms with Crippen LogP contribution in [0.4, 0.5) is 5.82 Å². The molecule has 0 saturated carbocycles. The Bertz CT molecular complexity index is 414. The van der Waals surface area contributed by atoms with Crippen LogP contribution in [0.15, 0.2) is 6.07 Å². The zero-order valence-electron chi connectivity index (χ0n) is 11.5. The highest BCUT2D eigenvalue weighted by Crippen LogP contribution is 2.25. The summed E-state index contributed by atoms with van der Waals surface area (Å²) in [6.45, 7) is 9.38. The number of aliphatic hydroxyl groups excluding tert-OH is 1. The van der Waals surface area contributed by atoms with Gasteiger partial charge < -0.3 is 14.7 Å². The van der Waals surface area contributed by atoms with E-state index in [1.165, 1.54) is 0 Å². The summed E-state index contributed by atoms with van der Waals surface area (Å²) in [7, 11) is 0. The molecule has 2 heterocycles. The Balaban J connectivity index is 2.26. The van der Waals surface area contributed by atoms with Crippen LogP contribution in [0.25, 0.3) is 0 Å². The first-order chi connectivity index (χ1) is 8.39. The first kappa shape index (κ1) is 13.2. The molecule has 0 radical (unpaired) electrons. The molecule has 1 aliphatic heterocycles. The van der Waals surface area contributed by atoms with Crippen LogP contribution in [0.5, 0.6) is 0 Å². The van der Waals surface area contributed by atoms with Crippen molar-refractivity contribution < 1.29 is 9.84 Å². The van der Waals surface area contributed by atoms with E-state index >= 15 is 0 Å². The van der Waals surface area contributed by atoms with Crippen LogP contribution >= 0.6 is 0 Å². The molecule has 1 aliphatic rings. The monoisotopic (exact) mass is 251 g/mol. The van der Waals surface area contributed by atoms with Gasteiger partial charge in [0.25, 0.3) is 0 Å². The van der Waals surface area contributed by atoms with E-state index in [0.29, 0.717) is 6.54 Å². The average Bonchev–Trinajstić information content (AvgIpc) is 2.25. The van der Waals surface area contributed by atoms with E-state index in [1.807, 2.05) is 33.8 Å². The summed E-state index contributed by atoms with van der Waals surface area (Å²) in [5.74, 6) is 1.68. The molecule has 1 aromatic rings. The van der Waals surface area contributed by atoms with Crippen molar-refractivity contribution in [2.45, 2.75) is 39.4 Å². The molecular weight excluding hydrogens is 230 g/mol. The predicted molar refractivity (Wildman–Crippen MR) is 69.8 cm³/mol. The fourth-order valence-electron chi connectivity index (χ4n) is 2.42. The third-order valence-electron chi connectivity index (χ3n) is 2.96. The van der Waals surface area contributed by atoms with Gasteiger partial charge in [0, 0.05) is 24.8 Å². The third-order valence-corrected chi connectivity index (χ3v) is 2.96. The molecule has 5 heteroatoms. The maximum absolute atomic E-state index is 9.31. The lowest BCUT2D eigenvalue weighted by molar-refractivity contribution is -0.101. The topological polar surface area (TPSA) is 58.5 Å². The number of hydrogen-bond donors (Lipinski definition) is 1. The normalized spacial score (nSPS) is 23.2. The van der Waals surface area contributed by atoms with E-state index in [-0.39, 0.29) is 18.3 Å². The van der Waals surface area contributed by atoms with Gasteiger partial charge in [0.2, 0.25) is 0 Å². The molecular formula is C13H21N3O2. The van der Waals surface area contributed by atoms with Crippen LogP contribution in [0, 0.1) is 13.8 Å². The highest BCUT2D eigenvalue weighted by Gasteiger charge is 2.33. The van der Waals surface area contributed by atoms with Gasteiger partial charge in [-0.05, 0) is 27.7 Å². The molecule has 0 aliphatic carbocycles. The Morgan fingerprint density at radius 3 is 2.78 bits per heavy atom. The molecule has 100 valence electrons. The van der Waals surface area contributed by atoms with Crippen molar-refractivity contribution in [2.24, 2.45) is 0 Å². The van der Waals surface area contributed by atoms with Crippen LogP contribution < -0.4 is 4.90 Å². The number of rotatable bonds is 2. The highest BCUT2D eigenvalue weighted by molar-refractivity contribution is 5.41. The number of hydrogen-bond acceptors (Lipinski definition) is 5. The third kappa shape index (κ3) is 2.97. The zero-order chi connectivity index (χ0) is 13.3. The molecule has 0 bridgehead atoms. The number of aryl methyl sites for hydroxylation is 2. The van der Waals surface area contributed by atoms with Crippen molar-refractivity contribution in [2.75, 3.05) is 24.6 Å². The second kappa shape index (κ2) is 4.82. The molecule has 1 N–H and O–H groups in total. The summed E-state index contributed by atoms with van der Waals surface area (Å²) >= 11 is 0. The largest absolute Gasteiger partial charge is 0.394 e. The molecule has 1 atom stereocenters. The summed E-state index contributed by atoms with van der Waals surface area (Å²) in [6.07, 6.45) is -0.163. The number of aliphatic hydroxyl groups is 1. The van der Waals surface area contributed by atoms with Crippen LogP contribution in [-0.4, -0.2) is 46.5 Å². The summed E-state index contributed by atoms with van der Waals surface area (Å²) in [4.78, 5) is 10.9. The lowest BCUT2D eigenvalue weighted by Crippen LogP contribution is -2.54. The van der Waals surface area contributed by atoms with E-state index in [2.05, 4.69) is 14.9 Å². The van der Waals surface area contributed by atoms with Crippen molar-refractivity contribution in [3.63, 3.8) is 0 Å². The highest BCUT2D eigenvalue weighted by atomic mass is 16.5. The molecule has 1 saturated heterocycles. The molecule has 1 aromatic heterocycles. The Labute approximate surface area is 108 Å². The standard InChI is InChI=1S/C13H21N3O2/c1-9-5-12(15-10(2)14-9)16-6-11(7-17)18-13(3,4)8-16/h5,11,17H,6-8H2,1-4H3. The summed E-state index contributed by atoms with van der Waals surface area (Å²) in [5, 5.41) is 9.31. The summed E-state index contributed by atoms with van der Waals surface area (Å²) in [6, 6.07) is 1.98. The van der Waals surface area contributed by atoms with Crippen LogP contribution in [0.2, 0.25) is 0 Å². The van der Waals surface area contributed by atoms with Gasteiger partial charge in [-0.3, -0.25) is 0 Å². The summed E-state index contributed by atoms with van der Waals surface area (Å²) < 4.78 is 5.80. The minimum atomic E-state index is -0.279. The smallest absolute Gasteiger partial charge is 0.132 e. The molecule has 0 spiro atoms. The Kier molecular flexibility index (Phi) is 3.54. The number of anilines is 1. The van der Waals surface area contributed by atoms with Crippen LogP contribution in [0.1, 0.15) is 25.4 Å². The van der Waals surface area contributed by atoms with E-state index in [4.69, 9.17) is 4.74 Å². The maximum Gasteiger partial charge on any atom is 0.132 e. The van der Waals surface area contributed by atoms with Gasteiger partial charge in [0.15, 0.2) is 0 Å². The molecule has 5 nitrogen and oxygen atoms in total. The van der Waals surface area contributed by atoms with Gasteiger partial charge >= 0.3 is 0 Å². The van der Waals surface area contributed by atoms with Crippen molar-refractivity contribution in [1.29, 1.82) is 0 Å². The quantitative estimate of drug-likeness (QED) is 0.852. The van der Waals surface area contributed by atoms with Crippen molar-refractivity contribution >= 4 is 5.82 Å². The second-order valence-corrected chi connectivity index (χ2v) is 5.48. The second-order valence-electron chi connectivity index (χ2n) is 5.48. The van der Waals surface area contributed by atoms with Crippen LogP contribution in [0.3, 0.4) is 0 Å². The Hall–Kier alpha value is -1.20.